The summed E-state index contributed by atoms with van der Waals surface area (Å²) < 4.78 is 0.948. The van der Waals surface area contributed by atoms with Crippen molar-refractivity contribution >= 4 is 27.5 Å². The molecule has 4 nitrogen and oxygen atoms in total. The van der Waals surface area contributed by atoms with E-state index in [-0.39, 0.29) is 5.91 Å². The third kappa shape index (κ3) is 2.15. The van der Waals surface area contributed by atoms with Crippen LogP contribution in [0.1, 0.15) is 17.3 Å². The van der Waals surface area contributed by atoms with E-state index in [1.165, 1.54) is 0 Å². The third-order valence-corrected chi connectivity index (χ3v) is 5.11. The molecule has 0 aliphatic carbocycles. The first-order valence-electron chi connectivity index (χ1n) is 6.64. The maximum absolute atomic E-state index is 11.2. The fourth-order valence-electron chi connectivity index (χ4n) is 3.38. The van der Waals surface area contributed by atoms with Crippen LogP contribution < -0.4 is 16.0 Å². The van der Waals surface area contributed by atoms with Gasteiger partial charge in [-0.05, 0) is 52.9 Å². The second-order valence-corrected chi connectivity index (χ2v) is 6.36. The second kappa shape index (κ2) is 4.80. The maximum Gasteiger partial charge on any atom is 0.248 e. The molecule has 1 aromatic carbocycles. The van der Waals surface area contributed by atoms with Crippen molar-refractivity contribution in [2.75, 3.05) is 24.5 Å². The van der Waals surface area contributed by atoms with Gasteiger partial charge < -0.3 is 16.0 Å². The van der Waals surface area contributed by atoms with Crippen LogP contribution in [0.4, 0.5) is 5.69 Å². The molecule has 3 N–H and O–H groups in total. The van der Waals surface area contributed by atoms with Crippen molar-refractivity contribution in [3.8, 4) is 0 Å². The van der Waals surface area contributed by atoms with Gasteiger partial charge in [-0.3, -0.25) is 4.79 Å². The van der Waals surface area contributed by atoms with Gasteiger partial charge >= 0.3 is 0 Å². The number of fused-ring (bicyclic) bond motifs is 1. The summed E-state index contributed by atoms with van der Waals surface area (Å²) in [4.78, 5) is 13.6. The highest BCUT2D eigenvalue weighted by atomic mass is 79.9. The summed E-state index contributed by atoms with van der Waals surface area (Å²) in [6.07, 6.45) is 0. The van der Waals surface area contributed by atoms with Crippen LogP contribution >= 0.6 is 15.9 Å². The number of anilines is 1. The standard InChI is InChI=1S/C14H18BrN3O/c1-8-11-6-17-5-10(11)7-18(8)13-3-2-9(14(16)19)4-12(13)15/h2-4,8,10-11,17H,5-7H2,1H3,(H2,16,19). The highest BCUT2D eigenvalue weighted by Crippen LogP contribution is 2.38. The van der Waals surface area contributed by atoms with E-state index < -0.39 is 0 Å². The number of benzene rings is 1. The normalized spacial score (nSPS) is 29.6. The van der Waals surface area contributed by atoms with Crippen molar-refractivity contribution in [3.05, 3.63) is 28.2 Å². The molecule has 2 fully saturated rings. The van der Waals surface area contributed by atoms with Gasteiger partial charge in [0, 0.05) is 35.7 Å². The summed E-state index contributed by atoms with van der Waals surface area (Å²) in [7, 11) is 0. The average Bonchev–Trinajstić information content (AvgIpc) is 2.93. The number of hydrogen-bond acceptors (Lipinski definition) is 3. The smallest absolute Gasteiger partial charge is 0.248 e. The van der Waals surface area contributed by atoms with Gasteiger partial charge in [0.2, 0.25) is 5.91 Å². The fraction of sp³-hybridized carbons (Fsp3) is 0.500. The Hall–Kier alpha value is -1.07. The SMILES string of the molecule is CC1C2CNCC2CN1c1ccc(C(N)=O)cc1Br. The van der Waals surface area contributed by atoms with Crippen LogP contribution in [0, 0.1) is 11.8 Å². The lowest BCUT2D eigenvalue weighted by atomic mass is 9.95. The minimum atomic E-state index is -0.386. The van der Waals surface area contributed by atoms with Gasteiger partial charge in [-0.1, -0.05) is 0 Å². The molecule has 3 unspecified atom stereocenters. The first-order valence-corrected chi connectivity index (χ1v) is 7.44. The average molecular weight is 324 g/mol. The van der Waals surface area contributed by atoms with E-state index in [0.717, 1.165) is 41.6 Å². The molecule has 1 aromatic rings. The molecule has 5 heteroatoms. The minimum absolute atomic E-state index is 0.386. The molecule has 0 radical (unpaired) electrons. The molecular weight excluding hydrogens is 306 g/mol. The Kier molecular flexibility index (Phi) is 3.27. The van der Waals surface area contributed by atoms with Gasteiger partial charge in [-0.2, -0.15) is 0 Å². The van der Waals surface area contributed by atoms with Crippen molar-refractivity contribution in [2.45, 2.75) is 13.0 Å². The van der Waals surface area contributed by atoms with Crippen LogP contribution in [0.2, 0.25) is 0 Å². The van der Waals surface area contributed by atoms with Crippen molar-refractivity contribution in [1.82, 2.24) is 5.32 Å². The van der Waals surface area contributed by atoms with E-state index in [0.29, 0.717) is 11.6 Å². The summed E-state index contributed by atoms with van der Waals surface area (Å²) in [5, 5.41) is 3.47. The Morgan fingerprint density at radius 2 is 2.26 bits per heavy atom. The van der Waals surface area contributed by atoms with Gasteiger partial charge in [0.1, 0.15) is 0 Å². The van der Waals surface area contributed by atoms with Gasteiger partial charge in [-0.25, -0.2) is 0 Å². The second-order valence-electron chi connectivity index (χ2n) is 5.51. The molecule has 0 aromatic heterocycles. The predicted molar refractivity (Wildman–Crippen MR) is 79.3 cm³/mol. The van der Waals surface area contributed by atoms with Gasteiger partial charge in [-0.15, -0.1) is 0 Å². The maximum atomic E-state index is 11.2. The Morgan fingerprint density at radius 3 is 2.89 bits per heavy atom. The van der Waals surface area contributed by atoms with Crippen molar-refractivity contribution in [1.29, 1.82) is 0 Å². The van der Waals surface area contributed by atoms with E-state index in [1.807, 2.05) is 18.2 Å². The largest absolute Gasteiger partial charge is 0.367 e. The molecular formula is C14H18BrN3O. The zero-order chi connectivity index (χ0) is 13.6. The molecule has 19 heavy (non-hydrogen) atoms. The number of primary amides is 1. The molecule has 2 aliphatic heterocycles. The van der Waals surface area contributed by atoms with Gasteiger partial charge in [0.15, 0.2) is 0 Å². The summed E-state index contributed by atoms with van der Waals surface area (Å²) in [6.45, 7) is 5.58. The topological polar surface area (TPSA) is 58.4 Å². The Labute approximate surface area is 121 Å². The van der Waals surface area contributed by atoms with E-state index in [4.69, 9.17) is 5.73 Å². The molecule has 2 heterocycles. The molecule has 2 saturated heterocycles. The monoisotopic (exact) mass is 323 g/mol. The van der Waals surface area contributed by atoms with Crippen molar-refractivity contribution in [2.24, 2.45) is 17.6 Å². The lowest BCUT2D eigenvalue weighted by molar-refractivity contribution is 0.100. The molecule has 1 amide bonds. The zero-order valence-corrected chi connectivity index (χ0v) is 12.5. The summed E-state index contributed by atoms with van der Waals surface area (Å²) in [5.74, 6) is 1.07. The summed E-state index contributed by atoms with van der Waals surface area (Å²) >= 11 is 3.57. The quantitative estimate of drug-likeness (QED) is 0.869. The van der Waals surface area contributed by atoms with E-state index in [1.54, 1.807) is 0 Å². The number of rotatable bonds is 2. The van der Waals surface area contributed by atoms with Crippen LogP contribution in [0.15, 0.2) is 22.7 Å². The van der Waals surface area contributed by atoms with Crippen molar-refractivity contribution < 1.29 is 4.79 Å². The van der Waals surface area contributed by atoms with E-state index in [9.17, 15) is 4.79 Å². The van der Waals surface area contributed by atoms with Crippen LogP contribution in [0.25, 0.3) is 0 Å². The molecule has 0 spiro atoms. The lowest BCUT2D eigenvalue weighted by Crippen LogP contribution is -2.33. The number of nitrogens with zero attached hydrogens (tertiary/aromatic N) is 1. The number of halogens is 1. The molecule has 3 rings (SSSR count). The van der Waals surface area contributed by atoms with Crippen LogP contribution in [0.3, 0.4) is 0 Å². The molecule has 102 valence electrons. The first kappa shape index (κ1) is 12.9. The van der Waals surface area contributed by atoms with Crippen molar-refractivity contribution in [3.63, 3.8) is 0 Å². The van der Waals surface area contributed by atoms with E-state index in [2.05, 4.69) is 33.1 Å². The highest BCUT2D eigenvalue weighted by Gasteiger charge is 2.42. The molecule has 0 saturated carbocycles. The molecule has 2 aliphatic rings. The fourth-order valence-corrected chi connectivity index (χ4v) is 3.99. The Balaban J connectivity index is 1.89. The predicted octanol–water partition coefficient (Wildman–Crippen LogP) is 1.59. The summed E-state index contributed by atoms with van der Waals surface area (Å²) in [6, 6.07) is 6.14. The number of nitrogens with two attached hydrogens (primary N) is 1. The van der Waals surface area contributed by atoms with E-state index >= 15 is 0 Å². The number of carbonyl (C=O) groups is 1. The number of hydrogen-bond donors (Lipinski definition) is 2. The molecule has 0 bridgehead atoms. The molecule has 3 atom stereocenters. The van der Waals surface area contributed by atoms with Crippen LogP contribution in [-0.4, -0.2) is 31.6 Å². The van der Waals surface area contributed by atoms with Crippen LogP contribution in [0.5, 0.6) is 0 Å². The Morgan fingerprint density at radius 1 is 1.47 bits per heavy atom. The van der Waals surface area contributed by atoms with Crippen LogP contribution in [-0.2, 0) is 0 Å². The third-order valence-electron chi connectivity index (χ3n) is 4.48. The van der Waals surface area contributed by atoms with Gasteiger partial charge in [0.25, 0.3) is 0 Å². The zero-order valence-electron chi connectivity index (χ0n) is 10.9. The number of amides is 1. The first-order chi connectivity index (χ1) is 9.08. The number of nitrogens with one attached hydrogen (secondary N) is 1. The lowest BCUT2D eigenvalue weighted by Gasteiger charge is -2.27. The number of carbonyl (C=O) groups excluding carboxylic acids is 1. The van der Waals surface area contributed by atoms with Gasteiger partial charge in [0.05, 0.1) is 5.69 Å². The Bertz CT molecular complexity index is 519. The minimum Gasteiger partial charge on any atom is -0.367 e. The summed E-state index contributed by atoms with van der Waals surface area (Å²) in [5.41, 5.74) is 7.01. The highest BCUT2D eigenvalue weighted by molar-refractivity contribution is 9.10.